The summed E-state index contributed by atoms with van der Waals surface area (Å²) in [6.45, 7) is 4.04. The Kier molecular flexibility index (Phi) is 6.82. The number of carbonyl (C=O) groups excluding carboxylic acids is 1. The fourth-order valence-electron chi connectivity index (χ4n) is 3.74. The van der Waals surface area contributed by atoms with Crippen LogP contribution in [0, 0.1) is 5.92 Å². The molecule has 0 radical (unpaired) electrons. The maximum absolute atomic E-state index is 12.5. The molecule has 1 amide bonds. The quantitative estimate of drug-likeness (QED) is 0.754. The van der Waals surface area contributed by atoms with Crippen molar-refractivity contribution in [1.29, 1.82) is 0 Å². The van der Waals surface area contributed by atoms with Crippen LogP contribution in [0.15, 0.2) is 48.7 Å². The van der Waals surface area contributed by atoms with Gasteiger partial charge in [-0.3, -0.25) is 9.78 Å². The fraction of sp³-hybridized carbons (Fsp3) is 0.455. The summed E-state index contributed by atoms with van der Waals surface area (Å²) in [5, 5.41) is 0. The molecule has 5 heteroatoms. The maximum atomic E-state index is 12.5. The largest absolute Gasteiger partial charge is 0.497 e. The number of rotatable bonds is 7. The molecule has 1 saturated heterocycles. The summed E-state index contributed by atoms with van der Waals surface area (Å²) in [7, 11) is 3.58. The van der Waals surface area contributed by atoms with E-state index in [-0.39, 0.29) is 5.91 Å². The van der Waals surface area contributed by atoms with E-state index in [9.17, 15) is 4.79 Å². The van der Waals surface area contributed by atoms with E-state index in [1.165, 1.54) is 18.4 Å². The molecule has 27 heavy (non-hydrogen) atoms. The van der Waals surface area contributed by atoms with Crippen molar-refractivity contribution in [2.45, 2.75) is 19.3 Å². The second kappa shape index (κ2) is 9.51. The number of likely N-dealkylation sites (tertiary alicyclic amines) is 1. The van der Waals surface area contributed by atoms with Crippen LogP contribution in [0.4, 0.5) is 0 Å². The van der Waals surface area contributed by atoms with Crippen molar-refractivity contribution in [3.63, 3.8) is 0 Å². The summed E-state index contributed by atoms with van der Waals surface area (Å²) in [4.78, 5) is 21.0. The molecule has 0 N–H and O–H groups in total. The first-order valence-corrected chi connectivity index (χ1v) is 9.67. The van der Waals surface area contributed by atoms with E-state index in [1.54, 1.807) is 19.4 Å². The Bertz CT molecular complexity index is 718. The van der Waals surface area contributed by atoms with Crippen molar-refractivity contribution >= 4 is 5.91 Å². The minimum absolute atomic E-state index is 0.00552. The van der Waals surface area contributed by atoms with E-state index in [2.05, 4.69) is 22.0 Å². The van der Waals surface area contributed by atoms with Crippen molar-refractivity contribution in [3.05, 3.63) is 59.9 Å². The van der Waals surface area contributed by atoms with E-state index in [0.717, 1.165) is 38.3 Å². The number of piperidine rings is 1. The first-order chi connectivity index (χ1) is 13.2. The topological polar surface area (TPSA) is 45.7 Å². The van der Waals surface area contributed by atoms with Gasteiger partial charge >= 0.3 is 0 Å². The molecule has 2 heterocycles. The van der Waals surface area contributed by atoms with Crippen molar-refractivity contribution in [2.75, 3.05) is 40.3 Å². The number of aromatic nitrogens is 1. The van der Waals surface area contributed by atoms with Crippen molar-refractivity contribution in [1.82, 2.24) is 14.8 Å². The van der Waals surface area contributed by atoms with Crippen LogP contribution in [0.5, 0.6) is 5.75 Å². The standard InChI is InChI=1S/C22H29N3O2/c1-24(22(26)21-7-3-4-13-23-21)16-19-6-5-14-25(17-19)15-12-18-8-10-20(27-2)11-9-18/h3-4,7-11,13,19H,5-6,12,14-17H2,1-2H3/t19-/m0/s1. The van der Waals surface area contributed by atoms with Gasteiger partial charge in [0, 0.05) is 32.9 Å². The highest BCUT2D eigenvalue weighted by atomic mass is 16.5. The van der Waals surface area contributed by atoms with Crippen molar-refractivity contribution in [3.8, 4) is 5.75 Å². The van der Waals surface area contributed by atoms with E-state index in [1.807, 2.05) is 36.2 Å². The van der Waals surface area contributed by atoms with Crippen LogP contribution in [0.2, 0.25) is 0 Å². The number of amides is 1. The lowest BCUT2D eigenvalue weighted by molar-refractivity contribution is 0.0725. The second-order valence-electron chi connectivity index (χ2n) is 7.31. The first kappa shape index (κ1) is 19.4. The third kappa shape index (κ3) is 5.54. The molecule has 0 bridgehead atoms. The van der Waals surface area contributed by atoms with Gasteiger partial charge < -0.3 is 14.5 Å². The highest BCUT2D eigenvalue weighted by molar-refractivity contribution is 5.92. The van der Waals surface area contributed by atoms with E-state index in [4.69, 9.17) is 4.74 Å². The van der Waals surface area contributed by atoms with Gasteiger partial charge in [-0.2, -0.15) is 0 Å². The molecule has 1 atom stereocenters. The van der Waals surface area contributed by atoms with Crippen LogP contribution >= 0.6 is 0 Å². The van der Waals surface area contributed by atoms with E-state index >= 15 is 0 Å². The third-order valence-corrected chi connectivity index (χ3v) is 5.24. The predicted octanol–water partition coefficient (Wildman–Crippen LogP) is 3.12. The molecule has 1 aliphatic rings. The van der Waals surface area contributed by atoms with Crippen molar-refractivity contribution < 1.29 is 9.53 Å². The summed E-state index contributed by atoms with van der Waals surface area (Å²) in [5.41, 5.74) is 1.85. The zero-order valence-electron chi connectivity index (χ0n) is 16.3. The van der Waals surface area contributed by atoms with E-state index < -0.39 is 0 Å². The molecule has 3 rings (SSSR count). The van der Waals surface area contributed by atoms with Gasteiger partial charge in [-0.1, -0.05) is 18.2 Å². The molecule has 1 aliphatic heterocycles. The minimum Gasteiger partial charge on any atom is -0.497 e. The third-order valence-electron chi connectivity index (χ3n) is 5.24. The average Bonchev–Trinajstić information content (AvgIpc) is 2.73. The van der Waals surface area contributed by atoms with Crippen molar-refractivity contribution in [2.24, 2.45) is 5.92 Å². The average molecular weight is 367 g/mol. The number of hydrogen-bond donors (Lipinski definition) is 0. The smallest absolute Gasteiger partial charge is 0.272 e. The molecule has 5 nitrogen and oxygen atoms in total. The van der Waals surface area contributed by atoms with Gasteiger partial charge in [-0.15, -0.1) is 0 Å². The molecular formula is C22H29N3O2. The number of pyridine rings is 1. The molecule has 0 spiro atoms. The Balaban J connectivity index is 1.47. The normalized spacial score (nSPS) is 17.5. The number of carbonyl (C=O) groups is 1. The minimum atomic E-state index is 0.00552. The maximum Gasteiger partial charge on any atom is 0.272 e. The van der Waals surface area contributed by atoms with Crippen LogP contribution in [0.25, 0.3) is 0 Å². The summed E-state index contributed by atoms with van der Waals surface area (Å²) < 4.78 is 5.22. The lowest BCUT2D eigenvalue weighted by Gasteiger charge is -2.34. The molecule has 0 saturated carbocycles. The van der Waals surface area contributed by atoms with Gasteiger partial charge in [0.2, 0.25) is 0 Å². The Labute approximate surface area is 162 Å². The van der Waals surface area contributed by atoms with Gasteiger partial charge in [0.1, 0.15) is 11.4 Å². The SMILES string of the molecule is COc1ccc(CCN2CCC[C@@H](CN(C)C(=O)c3ccccn3)C2)cc1. The monoisotopic (exact) mass is 367 g/mol. The summed E-state index contributed by atoms with van der Waals surface area (Å²) in [6.07, 6.45) is 5.08. The lowest BCUT2D eigenvalue weighted by atomic mass is 9.97. The highest BCUT2D eigenvalue weighted by Gasteiger charge is 2.23. The molecular weight excluding hydrogens is 338 g/mol. The van der Waals surface area contributed by atoms with Gasteiger partial charge in [-0.25, -0.2) is 0 Å². The van der Waals surface area contributed by atoms with Crippen LogP contribution < -0.4 is 4.74 Å². The van der Waals surface area contributed by atoms with Gasteiger partial charge in [0.25, 0.3) is 5.91 Å². The Morgan fingerprint density at radius 3 is 2.78 bits per heavy atom. The van der Waals surface area contributed by atoms with Crippen LogP contribution in [-0.2, 0) is 6.42 Å². The van der Waals surface area contributed by atoms with Crippen LogP contribution in [0.1, 0.15) is 28.9 Å². The Morgan fingerprint density at radius 1 is 1.26 bits per heavy atom. The second-order valence-corrected chi connectivity index (χ2v) is 7.31. The molecule has 0 aliphatic carbocycles. The number of ether oxygens (including phenoxy) is 1. The Morgan fingerprint density at radius 2 is 2.07 bits per heavy atom. The highest BCUT2D eigenvalue weighted by Crippen LogP contribution is 2.19. The first-order valence-electron chi connectivity index (χ1n) is 9.67. The molecule has 144 valence electrons. The lowest BCUT2D eigenvalue weighted by Crippen LogP contribution is -2.42. The van der Waals surface area contributed by atoms with Gasteiger partial charge in [0.15, 0.2) is 0 Å². The molecule has 2 aromatic rings. The van der Waals surface area contributed by atoms with Gasteiger partial charge in [-0.05, 0) is 61.6 Å². The van der Waals surface area contributed by atoms with Crippen LogP contribution in [0.3, 0.4) is 0 Å². The Hall–Kier alpha value is -2.40. The predicted molar refractivity (Wildman–Crippen MR) is 107 cm³/mol. The summed E-state index contributed by atoms with van der Waals surface area (Å²) >= 11 is 0. The van der Waals surface area contributed by atoms with Gasteiger partial charge in [0.05, 0.1) is 7.11 Å². The molecule has 1 fully saturated rings. The number of benzene rings is 1. The fourth-order valence-corrected chi connectivity index (χ4v) is 3.74. The molecule has 1 aromatic carbocycles. The molecule has 1 aromatic heterocycles. The summed E-state index contributed by atoms with van der Waals surface area (Å²) in [6, 6.07) is 13.8. The zero-order chi connectivity index (χ0) is 19.1. The number of methoxy groups -OCH3 is 1. The van der Waals surface area contributed by atoms with E-state index in [0.29, 0.717) is 11.6 Å². The number of nitrogens with zero attached hydrogens (tertiary/aromatic N) is 3. The number of hydrogen-bond acceptors (Lipinski definition) is 4. The molecule has 0 unspecified atom stereocenters. The van der Waals surface area contributed by atoms with Crippen LogP contribution in [-0.4, -0.2) is 61.0 Å². The zero-order valence-corrected chi connectivity index (χ0v) is 16.3. The summed E-state index contributed by atoms with van der Waals surface area (Å²) in [5.74, 6) is 1.43.